The Morgan fingerprint density at radius 2 is 2.28 bits per heavy atom. The monoisotopic (exact) mass is 339 g/mol. The fourth-order valence-electron chi connectivity index (χ4n) is 2.60. The number of anilines is 1. The number of carbonyl (C=O) groups is 1. The van der Waals surface area contributed by atoms with Crippen molar-refractivity contribution in [3.63, 3.8) is 0 Å². The Balaban J connectivity index is 1.84. The van der Waals surface area contributed by atoms with Gasteiger partial charge in [0.15, 0.2) is 5.88 Å². The second kappa shape index (κ2) is 7.21. The first-order chi connectivity index (χ1) is 12.1. The van der Waals surface area contributed by atoms with Crippen LogP contribution in [0.15, 0.2) is 53.2 Å². The van der Waals surface area contributed by atoms with E-state index in [4.69, 9.17) is 10.5 Å². The van der Waals surface area contributed by atoms with Gasteiger partial charge >= 0.3 is 0 Å². The van der Waals surface area contributed by atoms with E-state index in [9.17, 15) is 4.79 Å². The van der Waals surface area contributed by atoms with Gasteiger partial charge in [0.1, 0.15) is 5.57 Å². The van der Waals surface area contributed by atoms with Crippen molar-refractivity contribution >= 4 is 17.8 Å². The van der Waals surface area contributed by atoms with E-state index in [-0.39, 0.29) is 17.4 Å². The third kappa shape index (κ3) is 3.71. The summed E-state index contributed by atoms with van der Waals surface area (Å²) in [6, 6.07) is 8.17. The number of carbonyl (C=O) groups excluding carboxylic acids is 1. The van der Waals surface area contributed by atoms with Crippen LogP contribution >= 0.6 is 0 Å². The molecule has 7 heteroatoms. The maximum atomic E-state index is 12.4. The summed E-state index contributed by atoms with van der Waals surface area (Å²) >= 11 is 0. The highest BCUT2D eigenvalue weighted by molar-refractivity contribution is 6.18. The quantitative estimate of drug-likeness (QED) is 0.480. The van der Waals surface area contributed by atoms with E-state index in [0.29, 0.717) is 11.7 Å². The number of nitrogens with two attached hydrogens (primary N) is 1. The third-order valence-corrected chi connectivity index (χ3v) is 4.01. The molecule has 25 heavy (non-hydrogen) atoms. The fraction of sp³-hybridized carbons (Fsp3) is 0.278. The molecule has 1 amide bonds. The number of hydrogen-bond donors (Lipinski definition) is 2. The molecule has 7 nitrogen and oxygen atoms in total. The first kappa shape index (κ1) is 16.8. The van der Waals surface area contributed by atoms with Gasteiger partial charge in [-0.3, -0.25) is 9.79 Å². The molecule has 1 aromatic heterocycles. The normalized spacial score (nSPS) is 15.1. The van der Waals surface area contributed by atoms with Crippen LogP contribution in [0, 0.1) is 0 Å². The Labute approximate surface area is 146 Å². The summed E-state index contributed by atoms with van der Waals surface area (Å²) in [5.41, 5.74) is 8.60. The number of methoxy groups -OCH3 is 1. The van der Waals surface area contributed by atoms with E-state index in [1.807, 2.05) is 36.8 Å². The molecule has 1 fully saturated rings. The van der Waals surface area contributed by atoms with E-state index >= 15 is 0 Å². The number of amides is 1. The van der Waals surface area contributed by atoms with Gasteiger partial charge in [-0.15, -0.1) is 0 Å². The first-order valence-corrected chi connectivity index (χ1v) is 8.03. The average molecular weight is 339 g/mol. The minimum atomic E-state index is -0.377. The number of rotatable bonds is 6. The van der Waals surface area contributed by atoms with Crippen LogP contribution in [-0.2, 0) is 9.53 Å². The number of nitrogens with zero attached hydrogens (tertiary/aromatic N) is 3. The molecular formula is C18H21N5O2. The van der Waals surface area contributed by atoms with Crippen LogP contribution in [0.3, 0.4) is 0 Å². The molecule has 1 aliphatic rings. The highest BCUT2D eigenvalue weighted by Crippen LogP contribution is 2.38. The summed E-state index contributed by atoms with van der Waals surface area (Å²) in [4.78, 5) is 20.6. The van der Waals surface area contributed by atoms with Crippen molar-refractivity contribution < 1.29 is 9.53 Å². The molecule has 1 aromatic carbocycles. The van der Waals surface area contributed by atoms with Crippen molar-refractivity contribution in [2.24, 2.45) is 10.7 Å². The van der Waals surface area contributed by atoms with Crippen LogP contribution in [0.25, 0.3) is 11.3 Å². The van der Waals surface area contributed by atoms with Crippen LogP contribution in [-0.4, -0.2) is 35.8 Å². The number of nitrogens with one attached hydrogen (secondary N) is 1. The molecule has 0 saturated heterocycles. The summed E-state index contributed by atoms with van der Waals surface area (Å²) < 4.78 is 7.13. The van der Waals surface area contributed by atoms with Crippen molar-refractivity contribution in [1.82, 2.24) is 9.55 Å². The molecule has 0 spiro atoms. The summed E-state index contributed by atoms with van der Waals surface area (Å²) in [5, 5.41) is 2.83. The molecular weight excluding hydrogens is 318 g/mol. The second-order valence-corrected chi connectivity index (χ2v) is 5.82. The Morgan fingerprint density at radius 1 is 1.48 bits per heavy atom. The molecule has 0 bridgehead atoms. The molecule has 2 aromatic rings. The van der Waals surface area contributed by atoms with Crippen LogP contribution in [0.4, 0.5) is 5.69 Å². The molecule has 0 radical (unpaired) electrons. The van der Waals surface area contributed by atoms with Crippen LogP contribution in [0.5, 0.6) is 0 Å². The lowest BCUT2D eigenvalue weighted by molar-refractivity contribution is -0.112. The molecule has 3 rings (SSSR count). The minimum Gasteiger partial charge on any atom is -0.482 e. The van der Waals surface area contributed by atoms with E-state index < -0.39 is 0 Å². The second-order valence-electron chi connectivity index (χ2n) is 5.82. The zero-order chi connectivity index (χ0) is 17.8. The number of benzene rings is 1. The molecule has 0 aliphatic heterocycles. The van der Waals surface area contributed by atoms with Gasteiger partial charge in [0.05, 0.1) is 25.3 Å². The van der Waals surface area contributed by atoms with Crippen molar-refractivity contribution in [2.75, 3.05) is 19.5 Å². The lowest BCUT2D eigenvalue weighted by Gasteiger charge is -2.11. The van der Waals surface area contributed by atoms with Crippen molar-refractivity contribution in [1.29, 1.82) is 0 Å². The Morgan fingerprint density at radius 3 is 2.96 bits per heavy atom. The zero-order valence-electron chi connectivity index (χ0n) is 14.3. The molecule has 3 N–H and O–H groups in total. The standard InChI is InChI=1S/C18H21N5O2/c1-20-9-15(17(19)25-2)18(24)22-13-5-3-4-12(8-13)16-10-21-11-23(16)14-6-7-14/h3-5,8-11,14H,6-7,19H2,1-2H3,(H,22,24)/b17-15-,20-9?. The van der Waals surface area contributed by atoms with Crippen molar-refractivity contribution in [3.8, 4) is 11.3 Å². The van der Waals surface area contributed by atoms with Gasteiger partial charge in [-0.25, -0.2) is 4.98 Å². The number of aliphatic imine (C=N–C) groups is 1. The Kier molecular flexibility index (Phi) is 4.83. The van der Waals surface area contributed by atoms with E-state index in [1.165, 1.54) is 26.2 Å². The molecule has 1 saturated carbocycles. The van der Waals surface area contributed by atoms with Gasteiger partial charge < -0.3 is 20.4 Å². The van der Waals surface area contributed by atoms with Crippen molar-refractivity contribution in [2.45, 2.75) is 18.9 Å². The SMILES string of the molecule is CN=C/C(C(=O)Nc1cccc(-c2cncn2C2CC2)c1)=C(\N)OC. The summed E-state index contributed by atoms with van der Waals surface area (Å²) in [6.45, 7) is 0. The molecule has 1 heterocycles. The topological polar surface area (TPSA) is 94.5 Å². The van der Waals surface area contributed by atoms with Crippen LogP contribution in [0.1, 0.15) is 18.9 Å². The van der Waals surface area contributed by atoms with Gasteiger partial charge in [-0.05, 0) is 25.0 Å². The predicted octanol–water partition coefficient (Wildman–Crippen LogP) is 2.34. The largest absolute Gasteiger partial charge is 0.482 e. The predicted molar refractivity (Wildman–Crippen MR) is 97.2 cm³/mol. The molecule has 0 unspecified atom stereocenters. The summed E-state index contributed by atoms with van der Waals surface area (Å²) in [5.74, 6) is -0.358. The summed E-state index contributed by atoms with van der Waals surface area (Å²) in [6.07, 6.45) is 7.44. The van der Waals surface area contributed by atoms with Gasteiger partial charge in [-0.2, -0.15) is 0 Å². The van der Waals surface area contributed by atoms with Crippen molar-refractivity contribution in [3.05, 3.63) is 48.2 Å². The Bertz CT molecular complexity index is 833. The molecule has 130 valence electrons. The maximum absolute atomic E-state index is 12.4. The third-order valence-electron chi connectivity index (χ3n) is 4.01. The first-order valence-electron chi connectivity index (χ1n) is 8.03. The van der Waals surface area contributed by atoms with Crippen LogP contribution < -0.4 is 11.1 Å². The maximum Gasteiger partial charge on any atom is 0.262 e. The van der Waals surface area contributed by atoms with Gasteiger partial charge in [0.2, 0.25) is 0 Å². The van der Waals surface area contributed by atoms with Gasteiger partial charge in [0.25, 0.3) is 5.91 Å². The molecule has 1 aliphatic carbocycles. The number of imidazole rings is 1. The lowest BCUT2D eigenvalue weighted by Crippen LogP contribution is -2.20. The average Bonchev–Trinajstić information content (AvgIpc) is 3.35. The van der Waals surface area contributed by atoms with Gasteiger partial charge in [-0.1, -0.05) is 12.1 Å². The highest BCUT2D eigenvalue weighted by Gasteiger charge is 2.25. The van der Waals surface area contributed by atoms with Gasteiger partial charge in [0, 0.05) is 30.6 Å². The van der Waals surface area contributed by atoms with E-state index in [1.54, 1.807) is 7.05 Å². The Hall–Kier alpha value is -3.09. The highest BCUT2D eigenvalue weighted by atomic mass is 16.5. The van der Waals surface area contributed by atoms with E-state index in [2.05, 4.69) is 19.9 Å². The zero-order valence-corrected chi connectivity index (χ0v) is 14.3. The van der Waals surface area contributed by atoms with Crippen LogP contribution in [0.2, 0.25) is 0 Å². The number of aromatic nitrogens is 2. The van der Waals surface area contributed by atoms with E-state index in [0.717, 1.165) is 11.3 Å². The molecule has 0 atom stereocenters. The smallest absolute Gasteiger partial charge is 0.262 e. The summed E-state index contributed by atoms with van der Waals surface area (Å²) in [7, 11) is 2.97. The number of hydrogen-bond acceptors (Lipinski definition) is 5. The minimum absolute atomic E-state index is 0.0195. The fourth-order valence-corrected chi connectivity index (χ4v) is 2.60. The number of ether oxygens (including phenoxy) is 1. The lowest BCUT2D eigenvalue weighted by atomic mass is 10.1.